The van der Waals surface area contributed by atoms with E-state index in [1.807, 2.05) is 48.5 Å². The van der Waals surface area contributed by atoms with Crippen LogP contribution in [0.5, 0.6) is 0 Å². The first kappa shape index (κ1) is 23.1. The Morgan fingerprint density at radius 3 is 1.94 bits per heavy atom. The molecule has 2 amide bonds. The number of aromatic nitrogens is 1. The lowest BCUT2D eigenvalue weighted by Crippen LogP contribution is -2.26. The zero-order valence-corrected chi connectivity index (χ0v) is 19.3. The second-order valence-electron chi connectivity index (χ2n) is 7.74. The van der Waals surface area contributed by atoms with E-state index in [0.717, 1.165) is 5.56 Å². The van der Waals surface area contributed by atoms with Crippen molar-refractivity contribution in [1.29, 1.82) is 0 Å². The number of hydrogen-bond acceptors (Lipinski definition) is 4. The van der Waals surface area contributed by atoms with Crippen LogP contribution in [0.1, 0.15) is 15.9 Å². The van der Waals surface area contributed by atoms with Crippen molar-refractivity contribution in [2.24, 2.45) is 0 Å². The molecule has 0 atom stereocenters. The third-order valence-corrected chi connectivity index (χ3v) is 8.32. The average molecular weight is 469 g/mol. The first-order valence-corrected chi connectivity index (χ1v) is 12.7. The lowest BCUT2D eigenvalue weighted by atomic mass is 10.2. The fourth-order valence-electron chi connectivity index (χ4n) is 3.56. The second-order valence-corrected chi connectivity index (χ2v) is 10.6. The molecule has 170 valence electrons. The zero-order valence-electron chi connectivity index (χ0n) is 18.4. The van der Waals surface area contributed by atoms with Crippen LogP contribution >= 0.6 is 7.14 Å². The van der Waals surface area contributed by atoms with E-state index in [9.17, 15) is 14.2 Å². The van der Waals surface area contributed by atoms with Gasteiger partial charge in [-0.2, -0.15) is 0 Å². The molecule has 0 bridgehead atoms. The molecule has 0 saturated carbocycles. The number of benzene rings is 3. The van der Waals surface area contributed by atoms with Gasteiger partial charge < -0.3 is 15.2 Å². The SMILES string of the molecule is O=C(CP(=O)(c1ccccc1)c1ccccc1)Nc1ccc(C(=O)NCc2cccnc2)cc1. The summed E-state index contributed by atoms with van der Waals surface area (Å²) in [5.74, 6) is -0.579. The highest BCUT2D eigenvalue weighted by atomic mass is 31.2. The van der Waals surface area contributed by atoms with Gasteiger partial charge in [-0.15, -0.1) is 0 Å². The van der Waals surface area contributed by atoms with Crippen LogP contribution in [0.3, 0.4) is 0 Å². The van der Waals surface area contributed by atoms with Crippen molar-refractivity contribution in [1.82, 2.24) is 10.3 Å². The van der Waals surface area contributed by atoms with E-state index >= 15 is 0 Å². The maximum atomic E-state index is 14.0. The minimum Gasteiger partial charge on any atom is -0.348 e. The average Bonchev–Trinajstić information content (AvgIpc) is 2.89. The number of carbonyl (C=O) groups excluding carboxylic acids is 2. The summed E-state index contributed by atoms with van der Waals surface area (Å²) >= 11 is 0. The highest BCUT2D eigenvalue weighted by Gasteiger charge is 2.30. The quantitative estimate of drug-likeness (QED) is 0.383. The van der Waals surface area contributed by atoms with Gasteiger partial charge in [-0.1, -0.05) is 66.7 Å². The Kier molecular flexibility index (Phi) is 7.31. The molecule has 3 aromatic carbocycles. The molecule has 0 aliphatic heterocycles. The van der Waals surface area contributed by atoms with Gasteiger partial charge >= 0.3 is 0 Å². The van der Waals surface area contributed by atoms with E-state index in [4.69, 9.17) is 0 Å². The van der Waals surface area contributed by atoms with E-state index in [0.29, 0.717) is 28.4 Å². The second kappa shape index (κ2) is 10.7. The standard InChI is InChI=1S/C27H24N3O3P/c31-26(20-34(33,24-9-3-1-4-10-24)25-11-5-2-6-12-25)30-23-15-13-22(14-16-23)27(32)29-19-21-8-7-17-28-18-21/h1-18H,19-20H2,(H,29,32)(H,30,31). The number of anilines is 1. The molecular weight excluding hydrogens is 445 g/mol. The molecule has 0 radical (unpaired) electrons. The maximum Gasteiger partial charge on any atom is 0.251 e. The molecule has 0 aliphatic rings. The molecule has 1 heterocycles. The highest BCUT2D eigenvalue weighted by molar-refractivity contribution is 7.79. The fraction of sp³-hybridized carbons (Fsp3) is 0.0741. The number of hydrogen-bond donors (Lipinski definition) is 2. The molecule has 0 aliphatic carbocycles. The number of rotatable bonds is 8. The van der Waals surface area contributed by atoms with Crippen LogP contribution in [-0.2, 0) is 15.9 Å². The topological polar surface area (TPSA) is 88.2 Å². The van der Waals surface area contributed by atoms with Crippen molar-refractivity contribution >= 4 is 35.3 Å². The predicted octanol–water partition coefficient (Wildman–Crippen LogP) is 3.96. The number of pyridine rings is 1. The summed E-state index contributed by atoms with van der Waals surface area (Å²) in [5, 5.41) is 6.92. The molecule has 0 unspecified atom stereocenters. The zero-order chi connectivity index (χ0) is 23.8. The van der Waals surface area contributed by atoms with Crippen LogP contribution in [0.4, 0.5) is 5.69 Å². The first-order valence-electron chi connectivity index (χ1n) is 10.8. The fourth-order valence-corrected chi connectivity index (χ4v) is 6.02. The molecule has 1 aromatic heterocycles. The van der Waals surface area contributed by atoms with Gasteiger partial charge in [0.25, 0.3) is 5.91 Å². The first-order chi connectivity index (χ1) is 16.5. The Morgan fingerprint density at radius 1 is 0.765 bits per heavy atom. The van der Waals surface area contributed by atoms with Gasteiger partial charge in [0.05, 0.1) is 6.16 Å². The van der Waals surface area contributed by atoms with Crippen LogP contribution in [0, 0.1) is 0 Å². The van der Waals surface area contributed by atoms with E-state index < -0.39 is 7.14 Å². The summed E-state index contributed by atoms with van der Waals surface area (Å²) < 4.78 is 14.0. The number of nitrogens with zero attached hydrogens (tertiary/aromatic N) is 1. The van der Waals surface area contributed by atoms with Crippen LogP contribution < -0.4 is 21.2 Å². The van der Waals surface area contributed by atoms with E-state index in [1.54, 1.807) is 60.9 Å². The van der Waals surface area contributed by atoms with Crippen LogP contribution in [-0.4, -0.2) is 23.0 Å². The van der Waals surface area contributed by atoms with Crippen molar-refractivity contribution in [2.75, 3.05) is 11.5 Å². The molecular formula is C27H24N3O3P. The van der Waals surface area contributed by atoms with Crippen molar-refractivity contribution in [2.45, 2.75) is 6.54 Å². The van der Waals surface area contributed by atoms with Crippen molar-refractivity contribution in [3.63, 3.8) is 0 Å². The lowest BCUT2D eigenvalue weighted by molar-refractivity contribution is -0.113. The van der Waals surface area contributed by atoms with Gasteiger partial charge in [0.15, 0.2) is 7.14 Å². The number of amides is 2. The smallest absolute Gasteiger partial charge is 0.251 e. The summed E-state index contributed by atoms with van der Waals surface area (Å²) in [6, 6.07) is 28.5. The van der Waals surface area contributed by atoms with Crippen LogP contribution in [0.2, 0.25) is 0 Å². The summed E-state index contributed by atoms with van der Waals surface area (Å²) in [4.78, 5) is 29.3. The molecule has 4 rings (SSSR count). The van der Waals surface area contributed by atoms with Crippen LogP contribution in [0.25, 0.3) is 0 Å². The van der Waals surface area contributed by atoms with Gasteiger partial charge in [0.1, 0.15) is 0 Å². The lowest BCUT2D eigenvalue weighted by Gasteiger charge is -2.19. The summed E-state index contributed by atoms with van der Waals surface area (Å²) in [5.41, 5.74) is 1.91. The number of nitrogens with one attached hydrogen (secondary N) is 2. The Bertz CT molecular complexity index is 1250. The van der Waals surface area contributed by atoms with Gasteiger partial charge in [0.2, 0.25) is 5.91 Å². The number of carbonyl (C=O) groups is 2. The Hall–Kier alpha value is -4.02. The molecule has 6 nitrogen and oxygen atoms in total. The third-order valence-electron chi connectivity index (χ3n) is 5.32. The van der Waals surface area contributed by atoms with E-state index in [1.165, 1.54) is 0 Å². The van der Waals surface area contributed by atoms with Crippen molar-refractivity contribution < 1.29 is 14.2 Å². The summed E-state index contributed by atoms with van der Waals surface area (Å²) in [6.07, 6.45) is 3.22. The maximum absolute atomic E-state index is 14.0. The monoisotopic (exact) mass is 469 g/mol. The Morgan fingerprint density at radius 2 is 1.38 bits per heavy atom. The summed E-state index contributed by atoms with van der Waals surface area (Å²) in [6.45, 7) is 0.374. The normalized spacial score (nSPS) is 10.9. The highest BCUT2D eigenvalue weighted by Crippen LogP contribution is 2.43. The molecule has 0 saturated heterocycles. The largest absolute Gasteiger partial charge is 0.348 e. The Labute approximate surface area is 198 Å². The molecule has 0 spiro atoms. The minimum atomic E-state index is -3.16. The molecule has 34 heavy (non-hydrogen) atoms. The third kappa shape index (κ3) is 5.66. The van der Waals surface area contributed by atoms with Gasteiger partial charge in [0, 0.05) is 40.8 Å². The van der Waals surface area contributed by atoms with Crippen molar-refractivity contribution in [3.8, 4) is 0 Å². The Balaban J connectivity index is 1.42. The molecule has 2 N–H and O–H groups in total. The molecule has 7 heteroatoms. The van der Waals surface area contributed by atoms with E-state index in [2.05, 4.69) is 15.6 Å². The predicted molar refractivity (Wildman–Crippen MR) is 135 cm³/mol. The van der Waals surface area contributed by atoms with Crippen LogP contribution in [0.15, 0.2) is 109 Å². The van der Waals surface area contributed by atoms with Gasteiger partial charge in [-0.3, -0.25) is 14.6 Å². The summed E-state index contributed by atoms with van der Waals surface area (Å²) in [7, 11) is -3.16. The van der Waals surface area contributed by atoms with Gasteiger partial charge in [-0.25, -0.2) is 0 Å². The molecule has 4 aromatic rings. The van der Waals surface area contributed by atoms with E-state index in [-0.39, 0.29) is 18.0 Å². The molecule has 0 fully saturated rings. The van der Waals surface area contributed by atoms with Crippen molar-refractivity contribution in [3.05, 3.63) is 121 Å². The van der Waals surface area contributed by atoms with Gasteiger partial charge in [-0.05, 0) is 35.9 Å². The minimum absolute atomic E-state index is 0.158.